The van der Waals surface area contributed by atoms with Crippen molar-refractivity contribution >= 4 is 0 Å². The van der Waals surface area contributed by atoms with E-state index in [1.807, 2.05) is 0 Å². The van der Waals surface area contributed by atoms with Gasteiger partial charge in [0.1, 0.15) is 0 Å². The Labute approximate surface area is 111 Å². The zero-order chi connectivity index (χ0) is 12.5. The SMILES string of the molecule is NCC1(NC2CCCC2)CCCC12CCOCC2. The van der Waals surface area contributed by atoms with Crippen LogP contribution in [0.15, 0.2) is 0 Å². The van der Waals surface area contributed by atoms with Gasteiger partial charge in [0.2, 0.25) is 0 Å². The Morgan fingerprint density at radius 1 is 1.00 bits per heavy atom. The number of nitrogens with one attached hydrogen (secondary N) is 1. The number of hydrogen-bond donors (Lipinski definition) is 2. The van der Waals surface area contributed by atoms with Crippen molar-refractivity contribution in [3.8, 4) is 0 Å². The maximum Gasteiger partial charge on any atom is 0.0472 e. The third-order valence-corrected chi connectivity index (χ3v) is 5.91. The van der Waals surface area contributed by atoms with E-state index in [1.165, 1.54) is 57.8 Å². The molecule has 2 saturated carbocycles. The molecule has 1 heterocycles. The van der Waals surface area contributed by atoms with Gasteiger partial charge in [-0.2, -0.15) is 0 Å². The second-order valence-corrected chi connectivity index (χ2v) is 6.66. The van der Waals surface area contributed by atoms with Crippen molar-refractivity contribution < 1.29 is 4.74 Å². The summed E-state index contributed by atoms with van der Waals surface area (Å²) in [5.41, 5.74) is 6.90. The average Bonchev–Trinajstić information content (AvgIpc) is 3.01. The number of nitrogens with two attached hydrogens (primary N) is 1. The molecule has 0 amide bonds. The van der Waals surface area contributed by atoms with Crippen molar-refractivity contribution in [3.05, 3.63) is 0 Å². The van der Waals surface area contributed by atoms with E-state index in [9.17, 15) is 0 Å². The molecule has 3 rings (SSSR count). The monoisotopic (exact) mass is 252 g/mol. The third kappa shape index (κ3) is 2.00. The van der Waals surface area contributed by atoms with Gasteiger partial charge in [-0.25, -0.2) is 0 Å². The Morgan fingerprint density at radius 2 is 1.72 bits per heavy atom. The van der Waals surface area contributed by atoms with Gasteiger partial charge < -0.3 is 15.8 Å². The van der Waals surface area contributed by atoms with E-state index in [4.69, 9.17) is 10.5 Å². The molecular formula is C15H28N2O. The molecule has 0 aromatic rings. The Morgan fingerprint density at radius 3 is 2.39 bits per heavy atom. The second kappa shape index (κ2) is 5.10. The van der Waals surface area contributed by atoms with E-state index in [1.54, 1.807) is 0 Å². The van der Waals surface area contributed by atoms with Crippen LogP contribution in [0.2, 0.25) is 0 Å². The van der Waals surface area contributed by atoms with Crippen LogP contribution in [-0.2, 0) is 4.74 Å². The highest BCUT2D eigenvalue weighted by molar-refractivity contribution is 5.11. The summed E-state index contributed by atoms with van der Waals surface area (Å²) in [5, 5.41) is 4.02. The van der Waals surface area contributed by atoms with E-state index in [0.29, 0.717) is 5.41 Å². The molecule has 3 N–H and O–H groups in total. The fourth-order valence-corrected chi connectivity index (χ4v) is 4.79. The third-order valence-electron chi connectivity index (χ3n) is 5.91. The summed E-state index contributed by atoms with van der Waals surface area (Å²) in [6.07, 6.45) is 11.9. The molecule has 3 aliphatic rings. The van der Waals surface area contributed by atoms with E-state index >= 15 is 0 Å². The lowest BCUT2D eigenvalue weighted by Crippen LogP contribution is -2.63. The predicted molar refractivity (Wildman–Crippen MR) is 73.5 cm³/mol. The molecule has 1 unspecified atom stereocenters. The summed E-state index contributed by atoms with van der Waals surface area (Å²) in [5.74, 6) is 0. The highest BCUT2D eigenvalue weighted by atomic mass is 16.5. The van der Waals surface area contributed by atoms with Crippen LogP contribution < -0.4 is 11.1 Å². The van der Waals surface area contributed by atoms with Gasteiger partial charge in [0.15, 0.2) is 0 Å². The van der Waals surface area contributed by atoms with Crippen LogP contribution in [0, 0.1) is 5.41 Å². The Kier molecular flexibility index (Phi) is 3.65. The van der Waals surface area contributed by atoms with E-state index in [0.717, 1.165) is 25.8 Å². The van der Waals surface area contributed by atoms with Crippen molar-refractivity contribution in [2.45, 2.75) is 69.4 Å². The lowest BCUT2D eigenvalue weighted by atomic mass is 9.66. The van der Waals surface area contributed by atoms with Gasteiger partial charge in [-0.3, -0.25) is 0 Å². The van der Waals surface area contributed by atoms with Crippen molar-refractivity contribution in [1.82, 2.24) is 5.32 Å². The fourth-order valence-electron chi connectivity index (χ4n) is 4.79. The molecule has 0 aromatic heterocycles. The van der Waals surface area contributed by atoms with Crippen LogP contribution in [0.25, 0.3) is 0 Å². The van der Waals surface area contributed by atoms with Crippen LogP contribution in [0.1, 0.15) is 57.8 Å². The van der Waals surface area contributed by atoms with Crippen molar-refractivity contribution in [2.75, 3.05) is 19.8 Å². The van der Waals surface area contributed by atoms with E-state index in [-0.39, 0.29) is 5.54 Å². The van der Waals surface area contributed by atoms with Gasteiger partial charge in [0.25, 0.3) is 0 Å². The van der Waals surface area contributed by atoms with Crippen LogP contribution >= 0.6 is 0 Å². The summed E-state index contributed by atoms with van der Waals surface area (Å²) in [4.78, 5) is 0. The zero-order valence-electron chi connectivity index (χ0n) is 11.5. The molecule has 3 heteroatoms. The minimum Gasteiger partial charge on any atom is -0.381 e. The minimum absolute atomic E-state index is 0.214. The largest absolute Gasteiger partial charge is 0.381 e. The molecule has 0 bridgehead atoms. The minimum atomic E-state index is 0.214. The lowest BCUT2D eigenvalue weighted by Gasteiger charge is -2.50. The normalized spacial score (nSPS) is 36.5. The molecule has 1 aliphatic heterocycles. The number of ether oxygens (including phenoxy) is 1. The summed E-state index contributed by atoms with van der Waals surface area (Å²) in [6, 6.07) is 0.728. The van der Waals surface area contributed by atoms with E-state index in [2.05, 4.69) is 5.32 Å². The molecule has 0 radical (unpaired) electrons. The molecule has 0 aromatic carbocycles. The summed E-state index contributed by atoms with van der Waals surface area (Å²) < 4.78 is 5.60. The molecule has 1 atom stereocenters. The molecule has 2 aliphatic carbocycles. The van der Waals surface area contributed by atoms with Gasteiger partial charge in [0.05, 0.1) is 0 Å². The first kappa shape index (κ1) is 12.9. The van der Waals surface area contributed by atoms with Gasteiger partial charge in [-0.1, -0.05) is 19.3 Å². The molecule has 1 saturated heterocycles. The summed E-state index contributed by atoms with van der Waals surface area (Å²) >= 11 is 0. The number of rotatable bonds is 3. The first-order chi connectivity index (χ1) is 8.80. The second-order valence-electron chi connectivity index (χ2n) is 6.66. The Bertz CT molecular complexity index is 282. The summed E-state index contributed by atoms with van der Waals surface area (Å²) in [7, 11) is 0. The predicted octanol–water partition coefficient (Wildman–Crippen LogP) is 2.20. The maximum atomic E-state index is 6.25. The highest BCUT2D eigenvalue weighted by Gasteiger charge is 2.54. The molecule has 3 fully saturated rings. The molecule has 3 nitrogen and oxygen atoms in total. The van der Waals surface area contributed by atoms with E-state index < -0.39 is 0 Å². The molecule has 1 spiro atoms. The van der Waals surface area contributed by atoms with Gasteiger partial charge in [0, 0.05) is 31.3 Å². The lowest BCUT2D eigenvalue weighted by molar-refractivity contribution is -0.0283. The fraction of sp³-hybridized carbons (Fsp3) is 1.00. The standard InChI is InChI=1S/C15H28N2O/c16-12-15(17-13-4-1-2-5-13)7-3-6-14(15)8-10-18-11-9-14/h13,17H,1-12,16H2. The molecule has 18 heavy (non-hydrogen) atoms. The highest BCUT2D eigenvalue weighted by Crippen LogP contribution is 2.52. The van der Waals surface area contributed by atoms with Crippen LogP contribution in [0.4, 0.5) is 0 Å². The smallest absolute Gasteiger partial charge is 0.0472 e. The maximum absolute atomic E-state index is 6.25. The number of hydrogen-bond acceptors (Lipinski definition) is 3. The first-order valence-electron chi connectivity index (χ1n) is 7.86. The molecule has 104 valence electrons. The van der Waals surface area contributed by atoms with Crippen LogP contribution in [-0.4, -0.2) is 31.3 Å². The van der Waals surface area contributed by atoms with Crippen molar-refractivity contribution in [3.63, 3.8) is 0 Å². The van der Waals surface area contributed by atoms with Crippen molar-refractivity contribution in [2.24, 2.45) is 11.1 Å². The topological polar surface area (TPSA) is 47.3 Å². The Hall–Kier alpha value is -0.120. The van der Waals surface area contributed by atoms with Crippen LogP contribution in [0.5, 0.6) is 0 Å². The zero-order valence-corrected chi connectivity index (χ0v) is 11.5. The van der Waals surface area contributed by atoms with Crippen molar-refractivity contribution in [1.29, 1.82) is 0 Å². The first-order valence-corrected chi connectivity index (χ1v) is 7.86. The quantitative estimate of drug-likeness (QED) is 0.809. The van der Waals surface area contributed by atoms with Gasteiger partial charge in [-0.05, 0) is 43.9 Å². The van der Waals surface area contributed by atoms with Gasteiger partial charge in [-0.15, -0.1) is 0 Å². The molecular weight excluding hydrogens is 224 g/mol. The van der Waals surface area contributed by atoms with Gasteiger partial charge >= 0.3 is 0 Å². The summed E-state index contributed by atoms with van der Waals surface area (Å²) in [6.45, 7) is 2.69. The Balaban J connectivity index is 1.78. The van der Waals surface area contributed by atoms with Crippen LogP contribution in [0.3, 0.4) is 0 Å². The average molecular weight is 252 g/mol.